The average molecular weight is 691 g/mol. The summed E-state index contributed by atoms with van der Waals surface area (Å²) >= 11 is 0. The Balaban J connectivity index is 1.22. The lowest BCUT2D eigenvalue weighted by molar-refractivity contribution is 1.14. The molecule has 0 unspecified atom stereocenters. The zero-order valence-electron chi connectivity index (χ0n) is 30.0. The topological polar surface area (TPSA) is 46.5 Å². The van der Waals surface area contributed by atoms with Gasteiger partial charge in [-0.05, 0) is 96.8 Å². The van der Waals surface area contributed by atoms with E-state index in [-0.39, 0.29) is 0 Å². The van der Waals surface area contributed by atoms with Crippen LogP contribution in [-0.2, 0) is 0 Å². The molecule has 4 heteroatoms. The maximum Gasteiger partial charge on any atom is 0.0991 e. The van der Waals surface area contributed by atoms with Gasteiger partial charge < -0.3 is 9.13 Å². The number of hydrogen-bond donors (Lipinski definition) is 0. The summed E-state index contributed by atoms with van der Waals surface area (Å²) < 4.78 is 4.69. The summed E-state index contributed by atoms with van der Waals surface area (Å²) in [6.07, 6.45) is 3.81. The normalized spacial score (nSPS) is 11.5. The highest BCUT2D eigenvalue weighted by Crippen LogP contribution is 2.42. The number of nitrogens with zero attached hydrogens (tertiary/aromatic N) is 4. The predicted octanol–water partition coefficient (Wildman–Crippen LogP) is 12.8. The summed E-state index contributed by atoms with van der Waals surface area (Å²) in [6, 6.07) is 58.7. The molecule has 0 fully saturated rings. The summed E-state index contributed by atoms with van der Waals surface area (Å²) in [5.74, 6) is 0. The van der Waals surface area contributed by atoms with Crippen molar-refractivity contribution in [3.05, 3.63) is 187 Å². The number of rotatable bonds is 5. The molecule has 10 aromatic rings. The van der Waals surface area contributed by atoms with Gasteiger partial charge in [-0.2, -0.15) is 5.26 Å². The van der Waals surface area contributed by atoms with Crippen LogP contribution in [0.4, 0.5) is 0 Å². The number of para-hydroxylation sites is 2. The predicted molar refractivity (Wildman–Crippen MR) is 223 cm³/mol. The third-order valence-corrected chi connectivity index (χ3v) is 10.8. The van der Waals surface area contributed by atoms with Gasteiger partial charge in [-0.25, -0.2) is 0 Å². The van der Waals surface area contributed by atoms with Gasteiger partial charge in [0.15, 0.2) is 0 Å². The number of benzene rings is 7. The van der Waals surface area contributed by atoms with E-state index in [1.807, 2.05) is 24.5 Å². The Morgan fingerprint density at radius 1 is 0.444 bits per heavy atom. The largest absolute Gasteiger partial charge is 0.309 e. The van der Waals surface area contributed by atoms with Crippen molar-refractivity contribution < 1.29 is 0 Å². The van der Waals surface area contributed by atoms with Crippen LogP contribution in [-0.4, -0.2) is 14.1 Å². The Kier molecular flexibility index (Phi) is 7.28. The van der Waals surface area contributed by atoms with Crippen LogP contribution < -0.4 is 0 Å². The second-order valence-electron chi connectivity index (χ2n) is 14.1. The van der Waals surface area contributed by atoms with Crippen molar-refractivity contribution in [2.24, 2.45) is 0 Å². The van der Waals surface area contributed by atoms with Crippen molar-refractivity contribution in [2.45, 2.75) is 13.8 Å². The quantitative estimate of drug-likeness (QED) is 0.180. The Morgan fingerprint density at radius 3 is 1.46 bits per heavy atom. The van der Waals surface area contributed by atoms with E-state index in [2.05, 4.69) is 175 Å². The smallest absolute Gasteiger partial charge is 0.0991 e. The molecule has 7 aromatic carbocycles. The summed E-state index contributed by atoms with van der Waals surface area (Å²) in [6.45, 7) is 4.24. The molecule has 3 aromatic heterocycles. The molecule has 0 bridgehead atoms. The van der Waals surface area contributed by atoms with Crippen LogP contribution in [0.25, 0.3) is 88.4 Å². The molecule has 0 amide bonds. The van der Waals surface area contributed by atoms with Crippen molar-refractivity contribution >= 4 is 43.6 Å². The average Bonchev–Trinajstić information content (AvgIpc) is 3.73. The number of fused-ring (bicyclic) bond motifs is 6. The molecule has 0 N–H and O–H groups in total. The van der Waals surface area contributed by atoms with Crippen LogP contribution in [0.15, 0.2) is 170 Å². The minimum atomic E-state index is 0.593. The molecule has 0 aliphatic rings. The summed E-state index contributed by atoms with van der Waals surface area (Å²) in [7, 11) is 0. The number of pyridine rings is 1. The molecule has 0 atom stereocenters. The van der Waals surface area contributed by atoms with Crippen LogP contribution in [0, 0.1) is 25.2 Å². The van der Waals surface area contributed by atoms with Crippen molar-refractivity contribution in [3.8, 4) is 50.8 Å². The molecule has 0 saturated heterocycles. The molecule has 0 aliphatic carbocycles. The zero-order chi connectivity index (χ0) is 36.3. The Hall–Kier alpha value is -7.22. The SMILES string of the molecule is Cc1ccc(-c2ccc3c(c2)c2ccccc2n3-c2ccncc2-c2cc(C#N)ccc2-n2c3ccccc3c3cc(-c4ccc(C)cc4)ccc32)cc1. The van der Waals surface area contributed by atoms with Gasteiger partial charge in [0.1, 0.15) is 0 Å². The number of aryl methyl sites for hydroxylation is 2. The minimum absolute atomic E-state index is 0.593. The monoisotopic (exact) mass is 690 g/mol. The van der Waals surface area contributed by atoms with E-state index in [9.17, 15) is 5.26 Å². The van der Waals surface area contributed by atoms with E-state index in [0.717, 1.165) is 44.6 Å². The van der Waals surface area contributed by atoms with Crippen LogP contribution >= 0.6 is 0 Å². The lowest BCUT2D eigenvalue weighted by atomic mass is 10.00. The van der Waals surface area contributed by atoms with E-state index in [1.165, 1.54) is 54.9 Å². The summed E-state index contributed by atoms with van der Waals surface area (Å²) in [4.78, 5) is 4.70. The van der Waals surface area contributed by atoms with E-state index in [0.29, 0.717) is 5.56 Å². The van der Waals surface area contributed by atoms with Crippen LogP contribution in [0.5, 0.6) is 0 Å². The van der Waals surface area contributed by atoms with Gasteiger partial charge in [0.05, 0.1) is 45.1 Å². The fourth-order valence-electron chi connectivity index (χ4n) is 8.12. The highest BCUT2D eigenvalue weighted by Gasteiger charge is 2.21. The third-order valence-electron chi connectivity index (χ3n) is 10.8. The van der Waals surface area contributed by atoms with Crippen molar-refractivity contribution in [2.75, 3.05) is 0 Å². The van der Waals surface area contributed by atoms with Crippen molar-refractivity contribution in [1.82, 2.24) is 14.1 Å². The molecule has 54 heavy (non-hydrogen) atoms. The molecule has 3 heterocycles. The van der Waals surface area contributed by atoms with Crippen LogP contribution in [0.2, 0.25) is 0 Å². The van der Waals surface area contributed by atoms with Gasteiger partial charge >= 0.3 is 0 Å². The molecular formula is C50H34N4. The first-order valence-corrected chi connectivity index (χ1v) is 18.3. The third kappa shape index (κ3) is 5.02. The molecule has 0 aliphatic heterocycles. The number of hydrogen-bond acceptors (Lipinski definition) is 2. The number of nitriles is 1. The van der Waals surface area contributed by atoms with E-state index in [1.54, 1.807) is 0 Å². The Bertz CT molecular complexity index is 3120. The first-order valence-electron chi connectivity index (χ1n) is 18.3. The molecule has 10 rings (SSSR count). The lowest BCUT2D eigenvalue weighted by Gasteiger charge is -2.18. The molecular weight excluding hydrogens is 657 g/mol. The Labute approximate surface area is 313 Å². The van der Waals surface area contributed by atoms with E-state index in [4.69, 9.17) is 4.98 Å². The second-order valence-corrected chi connectivity index (χ2v) is 14.1. The summed E-state index contributed by atoms with van der Waals surface area (Å²) in [5, 5.41) is 14.9. The standard InChI is InChI=1S/C50H34N4/c1-32-11-16-35(17-12-32)37-20-23-48-42(28-37)39-7-3-5-9-45(39)53(48)47-22-15-34(30-51)27-41(47)44-31-52-26-25-50(44)54-46-10-6-4-8-40(46)43-29-38(21-24-49(43)54)36-18-13-33(2)14-19-36/h3-29,31H,1-2H3. The lowest BCUT2D eigenvalue weighted by Crippen LogP contribution is -2.02. The second kappa shape index (κ2) is 12.5. The van der Waals surface area contributed by atoms with E-state index >= 15 is 0 Å². The maximum absolute atomic E-state index is 10.2. The molecule has 0 saturated carbocycles. The van der Waals surface area contributed by atoms with Gasteiger partial charge in [-0.1, -0.05) is 108 Å². The maximum atomic E-state index is 10.2. The van der Waals surface area contributed by atoms with Crippen molar-refractivity contribution in [3.63, 3.8) is 0 Å². The highest BCUT2D eigenvalue weighted by molar-refractivity contribution is 6.12. The van der Waals surface area contributed by atoms with Gasteiger partial charge in [0.25, 0.3) is 0 Å². The van der Waals surface area contributed by atoms with Crippen molar-refractivity contribution in [1.29, 1.82) is 5.26 Å². The molecule has 0 spiro atoms. The fraction of sp³-hybridized carbons (Fsp3) is 0.0400. The fourth-order valence-corrected chi connectivity index (χ4v) is 8.12. The minimum Gasteiger partial charge on any atom is -0.309 e. The van der Waals surface area contributed by atoms with Crippen LogP contribution in [0.1, 0.15) is 16.7 Å². The molecule has 0 radical (unpaired) electrons. The van der Waals surface area contributed by atoms with E-state index < -0.39 is 0 Å². The zero-order valence-corrected chi connectivity index (χ0v) is 30.0. The first-order chi connectivity index (χ1) is 26.6. The molecule has 4 nitrogen and oxygen atoms in total. The highest BCUT2D eigenvalue weighted by atomic mass is 15.0. The first kappa shape index (κ1) is 31.5. The molecule has 254 valence electrons. The van der Waals surface area contributed by atoms with Gasteiger partial charge in [0.2, 0.25) is 0 Å². The van der Waals surface area contributed by atoms with Crippen LogP contribution in [0.3, 0.4) is 0 Å². The summed E-state index contributed by atoms with van der Waals surface area (Å²) in [5.41, 5.74) is 16.1. The number of aromatic nitrogens is 3. The Morgan fingerprint density at radius 2 is 0.926 bits per heavy atom. The van der Waals surface area contributed by atoms with Gasteiger partial charge in [-0.15, -0.1) is 0 Å². The van der Waals surface area contributed by atoms with Gasteiger partial charge in [0, 0.05) is 45.1 Å². The van der Waals surface area contributed by atoms with Gasteiger partial charge in [-0.3, -0.25) is 4.98 Å².